The van der Waals surface area contributed by atoms with Crippen molar-refractivity contribution in [1.29, 1.82) is 0 Å². The molecule has 166 valence electrons. The molecule has 0 spiro atoms. The first-order valence-corrected chi connectivity index (χ1v) is 10.9. The van der Waals surface area contributed by atoms with Gasteiger partial charge in [0.15, 0.2) is 11.5 Å². The van der Waals surface area contributed by atoms with E-state index >= 15 is 0 Å². The fourth-order valence-electron chi connectivity index (χ4n) is 4.01. The first-order chi connectivity index (χ1) is 15.0. The summed E-state index contributed by atoms with van der Waals surface area (Å²) in [4.78, 5) is 31.9. The monoisotopic (exact) mass is 448 g/mol. The van der Waals surface area contributed by atoms with Gasteiger partial charge in [-0.1, -0.05) is 43.2 Å². The van der Waals surface area contributed by atoms with Crippen LogP contribution in [0.3, 0.4) is 0 Å². The van der Waals surface area contributed by atoms with E-state index in [2.05, 4.69) is 9.97 Å². The molecular formula is C23H26ClFN2O4. The largest absolute Gasteiger partial charge is 0.461 e. The van der Waals surface area contributed by atoms with E-state index in [1.54, 1.807) is 6.92 Å². The normalized spacial score (nSPS) is 18.4. The summed E-state index contributed by atoms with van der Waals surface area (Å²) in [5, 5.41) is -0.184. The highest BCUT2D eigenvalue weighted by Gasteiger charge is 2.28. The molecule has 1 aliphatic carbocycles. The lowest BCUT2D eigenvalue weighted by Gasteiger charge is -2.28. The number of ether oxygens (including phenoxy) is 2. The third kappa shape index (κ3) is 6.72. The molecule has 0 amide bonds. The molecule has 8 heteroatoms. The molecule has 6 nitrogen and oxygen atoms in total. The van der Waals surface area contributed by atoms with E-state index in [9.17, 15) is 14.0 Å². The molecule has 0 N–H and O–H groups in total. The minimum atomic E-state index is -0.853. The van der Waals surface area contributed by atoms with Crippen LogP contribution in [-0.2, 0) is 27.3 Å². The van der Waals surface area contributed by atoms with Crippen LogP contribution in [0.2, 0.25) is 5.28 Å². The lowest BCUT2D eigenvalue weighted by atomic mass is 9.78. The SMILES string of the molecule is CCOC(=O)c1nc(Cl)nc(CC2CCC[C@@H](CC(=O)OCc3ccccc3)C2)c1F. The smallest absolute Gasteiger partial charge is 0.360 e. The van der Waals surface area contributed by atoms with Crippen molar-refractivity contribution in [2.75, 3.05) is 6.61 Å². The number of benzene rings is 1. The van der Waals surface area contributed by atoms with Gasteiger partial charge in [-0.25, -0.2) is 19.2 Å². The summed E-state index contributed by atoms with van der Waals surface area (Å²) in [5.74, 6) is -1.56. The highest BCUT2D eigenvalue weighted by Crippen LogP contribution is 2.34. The Kier molecular flexibility index (Phi) is 8.35. The Bertz CT molecular complexity index is 910. The molecule has 0 bridgehead atoms. The molecule has 31 heavy (non-hydrogen) atoms. The van der Waals surface area contributed by atoms with E-state index < -0.39 is 17.5 Å². The number of rotatable bonds is 8. The second-order valence-electron chi connectivity index (χ2n) is 7.78. The van der Waals surface area contributed by atoms with Gasteiger partial charge in [0.2, 0.25) is 5.28 Å². The van der Waals surface area contributed by atoms with Crippen LogP contribution in [0.4, 0.5) is 4.39 Å². The highest BCUT2D eigenvalue weighted by molar-refractivity contribution is 6.28. The summed E-state index contributed by atoms with van der Waals surface area (Å²) < 4.78 is 25.0. The molecule has 1 aliphatic rings. The second kappa shape index (κ2) is 11.2. The van der Waals surface area contributed by atoms with Crippen molar-refractivity contribution < 1.29 is 23.5 Å². The minimum absolute atomic E-state index is 0.111. The topological polar surface area (TPSA) is 78.4 Å². The Balaban J connectivity index is 1.57. The van der Waals surface area contributed by atoms with Crippen molar-refractivity contribution in [2.24, 2.45) is 11.8 Å². The van der Waals surface area contributed by atoms with Crippen LogP contribution >= 0.6 is 11.6 Å². The third-order valence-electron chi connectivity index (χ3n) is 5.43. The maximum atomic E-state index is 14.8. The molecule has 0 radical (unpaired) electrons. The Labute approximate surface area is 186 Å². The summed E-state index contributed by atoms with van der Waals surface area (Å²) in [6.07, 6.45) is 4.19. The van der Waals surface area contributed by atoms with Crippen molar-refractivity contribution in [3.63, 3.8) is 0 Å². The summed E-state index contributed by atoms with van der Waals surface area (Å²) in [7, 11) is 0. The average molecular weight is 449 g/mol. The van der Waals surface area contributed by atoms with Gasteiger partial charge >= 0.3 is 11.9 Å². The van der Waals surface area contributed by atoms with Gasteiger partial charge in [-0.3, -0.25) is 4.79 Å². The lowest BCUT2D eigenvalue weighted by molar-refractivity contribution is -0.146. The number of nitrogens with zero attached hydrogens (tertiary/aromatic N) is 2. The van der Waals surface area contributed by atoms with Gasteiger partial charge in [0.1, 0.15) is 6.61 Å². The van der Waals surface area contributed by atoms with Crippen molar-refractivity contribution in [3.8, 4) is 0 Å². The summed E-state index contributed by atoms with van der Waals surface area (Å²) in [6.45, 7) is 2.00. The summed E-state index contributed by atoms with van der Waals surface area (Å²) >= 11 is 5.91. The zero-order chi connectivity index (χ0) is 22.2. The Hall–Kier alpha value is -2.54. The second-order valence-corrected chi connectivity index (χ2v) is 8.11. The van der Waals surface area contributed by atoms with E-state index in [4.69, 9.17) is 21.1 Å². The van der Waals surface area contributed by atoms with Crippen molar-refractivity contribution >= 4 is 23.5 Å². The molecule has 1 aromatic heterocycles. The average Bonchev–Trinajstić information content (AvgIpc) is 2.76. The third-order valence-corrected chi connectivity index (χ3v) is 5.60. The van der Waals surface area contributed by atoms with Crippen LogP contribution in [0.5, 0.6) is 0 Å². The van der Waals surface area contributed by atoms with Gasteiger partial charge in [-0.15, -0.1) is 0 Å². The van der Waals surface area contributed by atoms with Gasteiger partial charge in [0.05, 0.1) is 12.3 Å². The van der Waals surface area contributed by atoms with E-state index in [1.807, 2.05) is 30.3 Å². The molecule has 3 rings (SSSR count). The van der Waals surface area contributed by atoms with Crippen LogP contribution in [0, 0.1) is 17.7 Å². The lowest BCUT2D eigenvalue weighted by Crippen LogP contribution is -2.22. The molecule has 1 saturated carbocycles. The first kappa shape index (κ1) is 23.1. The summed E-state index contributed by atoms with van der Waals surface area (Å²) in [5.41, 5.74) is 0.625. The number of carbonyl (C=O) groups excluding carboxylic acids is 2. The zero-order valence-corrected chi connectivity index (χ0v) is 18.2. The Morgan fingerprint density at radius 2 is 1.87 bits per heavy atom. The van der Waals surface area contributed by atoms with E-state index in [0.29, 0.717) is 12.8 Å². The quantitative estimate of drug-likeness (QED) is 0.421. The number of carbonyl (C=O) groups is 2. The van der Waals surface area contributed by atoms with Gasteiger partial charge in [-0.05, 0) is 55.2 Å². The molecule has 2 atom stereocenters. The Morgan fingerprint density at radius 3 is 2.61 bits per heavy atom. The number of hydrogen-bond donors (Lipinski definition) is 0. The molecule has 0 saturated heterocycles. The maximum absolute atomic E-state index is 14.8. The van der Waals surface area contributed by atoms with Crippen LogP contribution in [0.1, 0.15) is 60.8 Å². The molecule has 0 aliphatic heterocycles. The molecule has 2 aromatic rings. The van der Waals surface area contributed by atoms with Gasteiger partial charge in [0, 0.05) is 6.42 Å². The summed E-state index contributed by atoms with van der Waals surface area (Å²) in [6, 6.07) is 9.55. The molecule has 1 heterocycles. The number of aromatic nitrogens is 2. The fraction of sp³-hybridized carbons (Fsp3) is 0.478. The molecular weight excluding hydrogens is 423 g/mol. The van der Waals surface area contributed by atoms with Crippen LogP contribution in [-0.4, -0.2) is 28.5 Å². The van der Waals surface area contributed by atoms with Gasteiger partial charge in [0.25, 0.3) is 0 Å². The van der Waals surface area contributed by atoms with Crippen molar-refractivity contribution in [3.05, 3.63) is 58.4 Å². The molecule has 1 unspecified atom stereocenters. The highest BCUT2D eigenvalue weighted by atomic mass is 35.5. The minimum Gasteiger partial charge on any atom is -0.461 e. The number of esters is 2. The predicted octanol–water partition coefficient (Wildman–Crippen LogP) is 4.93. The molecule has 1 fully saturated rings. The fourth-order valence-corrected chi connectivity index (χ4v) is 4.20. The van der Waals surface area contributed by atoms with Crippen LogP contribution in [0.25, 0.3) is 0 Å². The maximum Gasteiger partial charge on any atom is 0.360 e. The first-order valence-electron chi connectivity index (χ1n) is 10.5. The standard InChI is InChI=1S/C23H26ClFN2O4/c1-2-30-22(29)21-20(25)18(26-23(24)27-21)12-16-9-6-10-17(11-16)13-19(28)31-14-15-7-4-3-5-8-15/h3-5,7-8,16-17H,2,6,9-14H2,1H3/t16?,17-/m1/s1. The van der Waals surface area contributed by atoms with Crippen LogP contribution in [0.15, 0.2) is 30.3 Å². The zero-order valence-electron chi connectivity index (χ0n) is 17.5. The van der Waals surface area contributed by atoms with Crippen LogP contribution < -0.4 is 0 Å². The Morgan fingerprint density at radius 1 is 1.13 bits per heavy atom. The van der Waals surface area contributed by atoms with Crippen molar-refractivity contribution in [2.45, 2.75) is 52.1 Å². The number of hydrogen-bond acceptors (Lipinski definition) is 6. The molecule has 1 aromatic carbocycles. The van der Waals surface area contributed by atoms with E-state index in [1.165, 1.54) is 0 Å². The van der Waals surface area contributed by atoms with Crippen molar-refractivity contribution in [1.82, 2.24) is 9.97 Å². The number of halogens is 2. The predicted molar refractivity (Wildman–Crippen MR) is 113 cm³/mol. The van der Waals surface area contributed by atoms with E-state index in [0.717, 1.165) is 31.2 Å². The van der Waals surface area contributed by atoms with E-state index in [-0.39, 0.29) is 42.0 Å². The van der Waals surface area contributed by atoms with Gasteiger partial charge < -0.3 is 9.47 Å². The van der Waals surface area contributed by atoms with Gasteiger partial charge in [-0.2, -0.15) is 0 Å².